The maximum absolute atomic E-state index is 14.7. The minimum Gasteiger partial charge on any atom is -0.374 e. The van der Waals surface area contributed by atoms with E-state index in [1.165, 1.54) is 30.4 Å². The number of nitrogens with zero attached hydrogens (tertiary/aromatic N) is 5. The van der Waals surface area contributed by atoms with Crippen molar-refractivity contribution < 1.29 is 18.7 Å². The molecule has 2 saturated heterocycles. The number of rotatable bonds is 5. The first-order chi connectivity index (χ1) is 19.7. The number of likely N-dealkylation sites (tertiary alicyclic amines) is 1. The number of aromatic nitrogens is 4. The van der Waals surface area contributed by atoms with Gasteiger partial charge < -0.3 is 20.4 Å². The van der Waals surface area contributed by atoms with Gasteiger partial charge in [-0.25, -0.2) is 13.9 Å². The zero-order chi connectivity index (χ0) is 29.9. The normalized spacial score (nSPS) is 20.1. The van der Waals surface area contributed by atoms with Crippen LogP contribution in [0.25, 0.3) is 27.7 Å². The van der Waals surface area contributed by atoms with E-state index in [0.717, 1.165) is 29.6 Å². The molecule has 3 N–H and O–H groups in total. The Hall–Kier alpha value is -3.67. The highest BCUT2D eigenvalue weighted by Gasteiger charge is 2.50. The fourth-order valence-electron chi connectivity index (χ4n) is 5.39. The number of carbonyl (C=O) groups excluding carboxylic acids is 2. The Bertz CT molecular complexity index is 1540. The van der Waals surface area contributed by atoms with Crippen molar-refractivity contribution in [1.29, 1.82) is 0 Å². The van der Waals surface area contributed by atoms with Gasteiger partial charge in [-0.15, -0.1) is 0 Å². The third-order valence-electron chi connectivity index (χ3n) is 7.80. The van der Waals surface area contributed by atoms with Crippen molar-refractivity contribution in [2.45, 2.75) is 53.8 Å². The van der Waals surface area contributed by atoms with E-state index in [2.05, 4.69) is 25.7 Å². The summed E-state index contributed by atoms with van der Waals surface area (Å²) in [6.07, 6.45) is 5.17. The van der Waals surface area contributed by atoms with Crippen molar-refractivity contribution in [2.24, 2.45) is 17.1 Å². The van der Waals surface area contributed by atoms with Crippen molar-refractivity contribution in [3.05, 3.63) is 54.4 Å². The fourth-order valence-corrected chi connectivity index (χ4v) is 5.39. The molecule has 1 aromatic carbocycles. The van der Waals surface area contributed by atoms with Gasteiger partial charge >= 0.3 is 0 Å². The third kappa shape index (κ3) is 5.61. The summed E-state index contributed by atoms with van der Waals surface area (Å²) in [6, 6.07) is 6.77. The molecule has 220 valence electrons. The van der Waals surface area contributed by atoms with E-state index in [1.54, 1.807) is 31.5 Å². The van der Waals surface area contributed by atoms with Gasteiger partial charge in [-0.3, -0.25) is 14.5 Å². The molecule has 6 rings (SSSR count). The Kier molecular flexibility index (Phi) is 9.21. The molecular weight excluding hydrogens is 525 g/mol. The number of benzene rings is 1. The second kappa shape index (κ2) is 12.5. The molecule has 4 aromatic rings. The van der Waals surface area contributed by atoms with E-state index in [1.807, 2.05) is 32.2 Å². The summed E-state index contributed by atoms with van der Waals surface area (Å²) in [5, 5.41) is 8.46. The fraction of sp³-hybridized carbons (Fsp3) is 0.467. The lowest BCUT2D eigenvalue weighted by molar-refractivity contribution is -0.141. The molecule has 2 amide bonds. The van der Waals surface area contributed by atoms with Crippen LogP contribution < -0.4 is 11.1 Å². The van der Waals surface area contributed by atoms with Crippen LogP contribution in [0.5, 0.6) is 0 Å². The van der Waals surface area contributed by atoms with Gasteiger partial charge in [0.25, 0.3) is 0 Å². The number of nitrogens with one attached hydrogen (secondary N) is 1. The lowest BCUT2D eigenvalue weighted by Gasteiger charge is -2.24. The summed E-state index contributed by atoms with van der Waals surface area (Å²) in [7, 11) is 1.50. The number of hydrogen-bond donors (Lipinski definition) is 2. The Morgan fingerprint density at radius 2 is 1.95 bits per heavy atom. The van der Waals surface area contributed by atoms with Gasteiger partial charge in [0.05, 0.1) is 42.2 Å². The van der Waals surface area contributed by atoms with E-state index >= 15 is 0 Å². The number of morpholine rings is 1. The van der Waals surface area contributed by atoms with E-state index in [-0.39, 0.29) is 36.2 Å². The van der Waals surface area contributed by atoms with Gasteiger partial charge in [0.15, 0.2) is 0 Å². The molecule has 0 aliphatic carbocycles. The maximum atomic E-state index is 14.7. The number of nitrogens with two attached hydrogens (primary N) is 1. The smallest absolute Gasteiger partial charge is 0.235 e. The molecule has 41 heavy (non-hydrogen) atoms. The van der Waals surface area contributed by atoms with E-state index < -0.39 is 5.41 Å². The number of halogens is 1. The first-order valence-electron chi connectivity index (χ1n) is 14.1. The van der Waals surface area contributed by atoms with Crippen LogP contribution in [0.3, 0.4) is 0 Å². The summed E-state index contributed by atoms with van der Waals surface area (Å²) in [5.74, 6) is -1.11. The Labute approximate surface area is 239 Å². The van der Waals surface area contributed by atoms with Crippen LogP contribution in [-0.2, 0) is 27.4 Å². The molecule has 11 heteroatoms. The van der Waals surface area contributed by atoms with Crippen molar-refractivity contribution in [3.63, 3.8) is 0 Å². The first kappa shape index (κ1) is 30.3. The highest BCUT2D eigenvalue weighted by atomic mass is 19.1. The number of amides is 2. The van der Waals surface area contributed by atoms with Crippen molar-refractivity contribution in [2.75, 3.05) is 26.7 Å². The molecule has 2 unspecified atom stereocenters. The van der Waals surface area contributed by atoms with E-state index in [4.69, 9.17) is 4.74 Å². The number of imide groups is 1. The highest BCUT2D eigenvalue weighted by Crippen LogP contribution is 2.38. The van der Waals surface area contributed by atoms with Gasteiger partial charge in [-0.1, -0.05) is 34.6 Å². The van der Waals surface area contributed by atoms with E-state index in [9.17, 15) is 14.0 Å². The standard InChI is InChI=1S/C27H29FN6O3.C2H6.CH5N/c1-16-25(35)33(26(36)27(16,2)3)12-17-8-22-23(30-15-31-34(22)13-17)21-10-19(28)9-18-4-6-32(24(18)21)14-20-11-29-5-7-37-20;2*1-2/h4,6,8-10,13,15-16,20,29H,5,7,11-12,14H2,1-3H3;1-2H3;2H2,1H3. The molecule has 2 aliphatic rings. The van der Waals surface area contributed by atoms with Crippen molar-refractivity contribution >= 4 is 28.2 Å². The Morgan fingerprint density at radius 3 is 2.61 bits per heavy atom. The SMILES string of the molecule is CC.CC1C(=O)N(Cc2cc3c(-c4cc(F)cc5ccn(CC6CNCCO6)c45)ncnn3c2)C(=O)C1(C)C.CN. The van der Waals surface area contributed by atoms with Crippen LogP contribution in [0, 0.1) is 17.2 Å². The van der Waals surface area contributed by atoms with Crippen LogP contribution in [0.1, 0.15) is 40.2 Å². The Balaban J connectivity index is 0.000000929. The van der Waals surface area contributed by atoms with Gasteiger partial charge in [0, 0.05) is 42.4 Å². The summed E-state index contributed by atoms with van der Waals surface area (Å²) >= 11 is 0. The summed E-state index contributed by atoms with van der Waals surface area (Å²) < 4.78 is 24.4. The molecule has 2 atom stereocenters. The topological polar surface area (TPSA) is 120 Å². The molecular formula is C30H40FN7O3. The monoisotopic (exact) mass is 565 g/mol. The molecule has 0 bridgehead atoms. The van der Waals surface area contributed by atoms with Crippen LogP contribution in [-0.4, -0.2) is 68.7 Å². The molecule has 5 heterocycles. The predicted molar refractivity (Wildman–Crippen MR) is 156 cm³/mol. The maximum Gasteiger partial charge on any atom is 0.235 e. The summed E-state index contributed by atoms with van der Waals surface area (Å²) in [6.45, 7) is 12.4. The number of hydrogen-bond acceptors (Lipinski definition) is 7. The number of carbonyl (C=O) groups is 2. The molecule has 2 fully saturated rings. The van der Waals surface area contributed by atoms with Crippen molar-refractivity contribution in [3.8, 4) is 11.3 Å². The molecule has 0 spiro atoms. The Morgan fingerprint density at radius 1 is 1.20 bits per heavy atom. The number of fused-ring (bicyclic) bond motifs is 2. The van der Waals surface area contributed by atoms with Gasteiger partial charge in [-0.2, -0.15) is 5.10 Å². The summed E-state index contributed by atoms with van der Waals surface area (Å²) in [4.78, 5) is 31.6. The zero-order valence-corrected chi connectivity index (χ0v) is 24.6. The molecule has 0 radical (unpaired) electrons. The highest BCUT2D eigenvalue weighted by molar-refractivity contribution is 6.06. The number of ether oxygens (including phenoxy) is 1. The van der Waals surface area contributed by atoms with E-state index in [0.29, 0.717) is 29.9 Å². The molecule has 0 saturated carbocycles. The second-order valence-electron chi connectivity index (χ2n) is 10.5. The lowest BCUT2D eigenvalue weighted by atomic mass is 9.82. The van der Waals surface area contributed by atoms with Crippen LogP contribution in [0.15, 0.2) is 43.0 Å². The zero-order valence-electron chi connectivity index (χ0n) is 24.6. The van der Waals surface area contributed by atoms with Gasteiger partial charge in [0.1, 0.15) is 17.8 Å². The van der Waals surface area contributed by atoms with Crippen LogP contribution in [0.2, 0.25) is 0 Å². The third-order valence-corrected chi connectivity index (χ3v) is 7.80. The second-order valence-corrected chi connectivity index (χ2v) is 10.5. The average molecular weight is 566 g/mol. The molecule has 3 aromatic heterocycles. The molecule has 10 nitrogen and oxygen atoms in total. The van der Waals surface area contributed by atoms with Crippen molar-refractivity contribution in [1.82, 2.24) is 29.4 Å². The minimum atomic E-state index is -0.739. The first-order valence-corrected chi connectivity index (χ1v) is 14.1. The minimum absolute atomic E-state index is 0.00903. The quantitative estimate of drug-likeness (QED) is 0.355. The van der Waals surface area contributed by atoms with Gasteiger partial charge in [0.2, 0.25) is 11.8 Å². The van der Waals surface area contributed by atoms with Crippen LogP contribution in [0.4, 0.5) is 4.39 Å². The van der Waals surface area contributed by atoms with Gasteiger partial charge in [-0.05, 0) is 36.9 Å². The van der Waals surface area contributed by atoms with Crippen LogP contribution >= 0.6 is 0 Å². The summed E-state index contributed by atoms with van der Waals surface area (Å²) in [5.41, 5.74) is 7.25. The lowest BCUT2D eigenvalue weighted by Crippen LogP contribution is -2.40. The largest absolute Gasteiger partial charge is 0.374 e. The molecule has 2 aliphatic heterocycles. The average Bonchev–Trinajstić information content (AvgIpc) is 3.63. The predicted octanol–water partition coefficient (Wildman–Crippen LogP) is 3.61.